The first-order valence-corrected chi connectivity index (χ1v) is 7.94. The number of hydrogen-bond donors (Lipinski definition) is 1. The van der Waals surface area contributed by atoms with Crippen molar-refractivity contribution in [1.29, 1.82) is 0 Å². The lowest BCUT2D eigenvalue weighted by molar-refractivity contribution is 0.0160. The number of aryl methyl sites for hydroxylation is 2. The minimum atomic E-state index is 0.149. The van der Waals surface area contributed by atoms with Gasteiger partial charge in [-0.3, -0.25) is 0 Å². The highest BCUT2D eigenvalue weighted by Gasteiger charge is 2.26. The van der Waals surface area contributed by atoms with Gasteiger partial charge >= 0.3 is 0 Å². The van der Waals surface area contributed by atoms with Crippen molar-refractivity contribution in [3.63, 3.8) is 0 Å². The van der Waals surface area contributed by atoms with Gasteiger partial charge in [-0.1, -0.05) is 12.1 Å². The van der Waals surface area contributed by atoms with Gasteiger partial charge in [0.25, 0.3) is 0 Å². The highest BCUT2D eigenvalue weighted by atomic mass is 16.5. The second kappa shape index (κ2) is 6.80. The topological polar surface area (TPSA) is 30.5 Å². The Bertz CT molecular complexity index is 465. The molecule has 0 radical (unpaired) electrons. The Morgan fingerprint density at radius 3 is 2.62 bits per heavy atom. The van der Waals surface area contributed by atoms with E-state index in [2.05, 4.69) is 58.1 Å². The van der Waals surface area contributed by atoms with Crippen LogP contribution in [0.5, 0.6) is 5.75 Å². The SMILES string of the molecule is Cc1ccc(C)c(OCC2CCC(CNC(C)(C)C)O2)c1. The Hall–Kier alpha value is -1.06. The number of nitrogens with one attached hydrogen (secondary N) is 1. The first kappa shape index (κ1) is 16.3. The van der Waals surface area contributed by atoms with E-state index >= 15 is 0 Å². The molecule has 3 nitrogen and oxygen atoms in total. The molecule has 0 saturated carbocycles. The second-order valence-corrected chi connectivity index (χ2v) is 7.17. The standard InChI is InChI=1S/C18H29NO2/c1-13-6-7-14(2)17(10-13)20-12-16-9-8-15(21-16)11-19-18(3,4)5/h6-7,10,15-16,19H,8-9,11-12H2,1-5H3. The Morgan fingerprint density at radius 2 is 1.90 bits per heavy atom. The molecule has 0 spiro atoms. The van der Waals surface area contributed by atoms with E-state index in [1.54, 1.807) is 0 Å². The number of rotatable bonds is 5. The maximum Gasteiger partial charge on any atom is 0.122 e. The van der Waals surface area contributed by atoms with E-state index in [1.807, 2.05) is 0 Å². The van der Waals surface area contributed by atoms with Gasteiger partial charge in [0.2, 0.25) is 0 Å². The molecule has 1 aliphatic heterocycles. The lowest BCUT2D eigenvalue weighted by atomic mass is 10.1. The Labute approximate surface area is 129 Å². The minimum Gasteiger partial charge on any atom is -0.491 e. The zero-order chi connectivity index (χ0) is 15.5. The molecule has 2 atom stereocenters. The zero-order valence-electron chi connectivity index (χ0n) is 14.0. The minimum absolute atomic E-state index is 0.149. The van der Waals surface area contributed by atoms with Crippen LogP contribution >= 0.6 is 0 Å². The Balaban J connectivity index is 1.76. The van der Waals surface area contributed by atoms with Crippen LogP contribution in [-0.4, -0.2) is 30.9 Å². The van der Waals surface area contributed by atoms with Crippen LogP contribution in [0, 0.1) is 13.8 Å². The molecule has 21 heavy (non-hydrogen) atoms. The monoisotopic (exact) mass is 291 g/mol. The molecule has 0 aliphatic carbocycles. The molecule has 1 N–H and O–H groups in total. The summed E-state index contributed by atoms with van der Waals surface area (Å²) in [5.74, 6) is 0.981. The molecule has 1 fully saturated rings. The van der Waals surface area contributed by atoms with E-state index < -0.39 is 0 Å². The van der Waals surface area contributed by atoms with Crippen LogP contribution < -0.4 is 10.1 Å². The molecule has 1 aromatic carbocycles. The van der Waals surface area contributed by atoms with Gasteiger partial charge < -0.3 is 14.8 Å². The maximum atomic E-state index is 6.06. The molecule has 1 aliphatic rings. The van der Waals surface area contributed by atoms with Gasteiger partial charge in [-0.2, -0.15) is 0 Å². The molecular weight excluding hydrogens is 262 g/mol. The molecule has 118 valence electrons. The lowest BCUT2D eigenvalue weighted by Crippen LogP contribution is -2.41. The smallest absolute Gasteiger partial charge is 0.122 e. The normalized spacial score (nSPS) is 22.5. The summed E-state index contributed by atoms with van der Waals surface area (Å²) in [6.07, 6.45) is 2.73. The van der Waals surface area contributed by atoms with E-state index in [1.165, 1.54) is 11.1 Å². The first-order valence-electron chi connectivity index (χ1n) is 7.94. The fourth-order valence-electron chi connectivity index (χ4n) is 2.52. The summed E-state index contributed by atoms with van der Waals surface area (Å²) in [5.41, 5.74) is 2.57. The summed E-state index contributed by atoms with van der Waals surface area (Å²) in [6, 6.07) is 6.32. The fourth-order valence-corrected chi connectivity index (χ4v) is 2.52. The predicted molar refractivity (Wildman–Crippen MR) is 87.1 cm³/mol. The van der Waals surface area contributed by atoms with E-state index in [0.29, 0.717) is 12.7 Å². The molecule has 1 saturated heterocycles. The number of benzene rings is 1. The summed E-state index contributed by atoms with van der Waals surface area (Å²) >= 11 is 0. The van der Waals surface area contributed by atoms with E-state index in [0.717, 1.165) is 25.1 Å². The molecular formula is C18H29NO2. The van der Waals surface area contributed by atoms with Crippen LogP contribution in [0.3, 0.4) is 0 Å². The lowest BCUT2D eigenvalue weighted by Gasteiger charge is -2.23. The zero-order valence-corrected chi connectivity index (χ0v) is 14.0. The van der Waals surface area contributed by atoms with E-state index in [-0.39, 0.29) is 11.6 Å². The number of ether oxygens (including phenoxy) is 2. The van der Waals surface area contributed by atoms with Gasteiger partial charge in [-0.25, -0.2) is 0 Å². The van der Waals surface area contributed by atoms with Gasteiger partial charge in [-0.15, -0.1) is 0 Å². The average Bonchev–Trinajstić information content (AvgIpc) is 2.85. The Morgan fingerprint density at radius 1 is 1.19 bits per heavy atom. The van der Waals surface area contributed by atoms with Gasteiger partial charge in [0.1, 0.15) is 12.4 Å². The summed E-state index contributed by atoms with van der Waals surface area (Å²) in [5, 5.41) is 3.51. The quantitative estimate of drug-likeness (QED) is 0.899. The molecule has 0 aromatic heterocycles. The molecule has 2 unspecified atom stereocenters. The van der Waals surface area contributed by atoms with Gasteiger partial charge in [0, 0.05) is 12.1 Å². The van der Waals surface area contributed by atoms with Gasteiger partial charge in [0.05, 0.1) is 12.2 Å². The molecule has 0 amide bonds. The van der Waals surface area contributed by atoms with Crippen molar-refractivity contribution in [1.82, 2.24) is 5.32 Å². The van der Waals surface area contributed by atoms with Crippen molar-refractivity contribution in [2.45, 2.75) is 65.2 Å². The third-order valence-corrected chi connectivity index (χ3v) is 3.82. The molecule has 1 aromatic rings. The van der Waals surface area contributed by atoms with Crippen molar-refractivity contribution in [2.75, 3.05) is 13.2 Å². The second-order valence-electron chi connectivity index (χ2n) is 7.17. The van der Waals surface area contributed by atoms with Gasteiger partial charge in [0.15, 0.2) is 0 Å². The summed E-state index contributed by atoms with van der Waals surface area (Å²) in [4.78, 5) is 0. The predicted octanol–water partition coefficient (Wildman–Crippen LogP) is 3.62. The van der Waals surface area contributed by atoms with E-state index in [9.17, 15) is 0 Å². The van der Waals surface area contributed by atoms with Crippen molar-refractivity contribution in [3.05, 3.63) is 29.3 Å². The average molecular weight is 291 g/mol. The van der Waals surface area contributed by atoms with Crippen molar-refractivity contribution >= 4 is 0 Å². The largest absolute Gasteiger partial charge is 0.491 e. The van der Waals surface area contributed by atoms with Crippen LogP contribution in [0.4, 0.5) is 0 Å². The van der Waals surface area contributed by atoms with Crippen molar-refractivity contribution in [2.24, 2.45) is 0 Å². The number of hydrogen-bond acceptors (Lipinski definition) is 3. The highest BCUT2D eigenvalue weighted by molar-refractivity contribution is 5.35. The van der Waals surface area contributed by atoms with Crippen LogP contribution in [0.1, 0.15) is 44.7 Å². The fraction of sp³-hybridized carbons (Fsp3) is 0.667. The van der Waals surface area contributed by atoms with Gasteiger partial charge in [-0.05, 0) is 64.7 Å². The van der Waals surface area contributed by atoms with Crippen LogP contribution in [-0.2, 0) is 4.74 Å². The summed E-state index contributed by atoms with van der Waals surface area (Å²) in [7, 11) is 0. The Kier molecular flexibility index (Phi) is 5.28. The summed E-state index contributed by atoms with van der Waals surface area (Å²) in [6.45, 7) is 12.3. The molecule has 2 rings (SSSR count). The first-order chi connectivity index (χ1) is 9.83. The molecule has 3 heteroatoms. The highest BCUT2D eigenvalue weighted by Crippen LogP contribution is 2.23. The van der Waals surface area contributed by atoms with Crippen molar-refractivity contribution < 1.29 is 9.47 Å². The van der Waals surface area contributed by atoms with Crippen LogP contribution in [0.15, 0.2) is 18.2 Å². The van der Waals surface area contributed by atoms with Crippen LogP contribution in [0.25, 0.3) is 0 Å². The molecule has 0 bridgehead atoms. The van der Waals surface area contributed by atoms with Crippen LogP contribution in [0.2, 0.25) is 0 Å². The molecule has 1 heterocycles. The van der Waals surface area contributed by atoms with E-state index in [4.69, 9.17) is 9.47 Å². The van der Waals surface area contributed by atoms with Crippen molar-refractivity contribution in [3.8, 4) is 5.75 Å². The third kappa shape index (κ3) is 5.33. The maximum absolute atomic E-state index is 6.06. The third-order valence-electron chi connectivity index (χ3n) is 3.82. The summed E-state index contributed by atoms with van der Waals surface area (Å²) < 4.78 is 12.0.